The van der Waals surface area contributed by atoms with Crippen LogP contribution in [0.1, 0.15) is 16.1 Å². The normalized spacial score (nSPS) is 10.1. The van der Waals surface area contributed by atoms with Gasteiger partial charge in [-0.1, -0.05) is 0 Å². The van der Waals surface area contributed by atoms with E-state index in [4.69, 9.17) is 4.74 Å². The Morgan fingerprint density at radius 3 is 2.75 bits per heavy atom. The highest BCUT2D eigenvalue weighted by Crippen LogP contribution is 2.26. The number of H-pyrrole nitrogens is 1. The molecule has 0 aliphatic carbocycles. The fourth-order valence-electron chi connectivity index (χ4n) is 1.43. The van der Waals surface area contributed by atoms with E-state index in [0.717, 1.165) is 4.47 Å². The van der Waals surface area contributed by atoms with Crippen LogP contribution in [0.15, 0.2) is 41.0 Å². The van der Waals surface area contributed by atoms with Crippen molar-refractivity contribution in [3.63, 3.8) is 0 Å². The number of hydrogen-bond acceptors (Lipinski definition) is 2. The molecular weight excluding hydrogens is 270 g/mol. The monoisotopic (exact) mass is 279 g/mol. The van der Waals surface area contributed by atoms with Gasteiger partial charge < -0.3 is 9.72 Å². The molecule has 0 amide bonds. The van der Waals surface area contributed by atoms with E-state index in [9.17, 15) is 4.79 Å². The van der Waals surface area contributed by atoms with Gasteiger partial charge in [-0.05, 0) is 46.3 Å². The number of ketones is 1. The Morgan fingerprint density at radius 1 is 1.38 bits per heavy atom. The van der Waals surface area contributed by atoms with Gasteiger partial charge >= 0.3 is 0 Å². The van der Waals surface area contributed by atoms with Gasteiger partial charge in [-0.15, -0.1) is 0 Å². The van der Waals surface area contributed by atoms with E-state index < -0.39 is 0 Å². The molecule has 1 N–H and O–H groups in total. The van der Waals surface area contributed by atoms with Gasteiger partial charge in [0.05, 0.1) is 17.3 Å². The molecule has 3 nitrogen and oxygen atoms in total. The molecule has 0 atom stereocenters. The summed E-state index contributed by atoms with van der Waals surface area (Å²) in [6.45, 7) is 0. The summed E-state index contributed by atoms with van der Waals surface area (Å²) in [5, 5.41) is 0. The molecule has 2 rings (SSSR count). The number of halogens is 1. The number of nitrogens with one attached hydrogen (secondary N) is 1. The maximum atomic E-state index is 12.0. The Bertz CT molecular complexity index is 506. The minimum Gasteiger partial charge on any atom is -0.496 e. The summed E-state index contributed by atoms with van der Waals surface area (Å²) in [6.07, 6.45) is 1.73. The Morgan fingerprint density at radius 2 is 2.19 bits per heavy atom. The molecule has 0 radical (unpaired) electrons. The lowest BCUT2D eigenvalue weighted by Crippen LogP contribution is -2.01. The van der Waals surface area contributed by atoms with Crippen molar-refractivity contribution < 1.29 is 9.53 Å². The SMILES string of the molecule is COc1ccc(C(=O)c2ccc[nH]2)cc1Br. The number of benzene rings is 1. The van der Waals surface area contributed by atoms with Gasteiger partial charge in [0.15, 0.2) is 0 Å². The Labute approximate surface area is 102 Å². The second kappa shape index (κ2) is 4.53. The van der Waals surface area contributed by atoms with E-state index >= 15 is 0 Å². The van der Waals surface area contributed by atoms with Gasteiger partial charge in [-0.25, -0.2) is 0 Å². The highest BCUT2D eigenvalue weighted by Gasteiger charge is 2.11. The van der Waals surface area contributed by atoms with Crippen molar-refractivity contribution in [3.05, 3.63) is 52.3 Å². The summed E-state index contributed by atoms with van der Waals surface area (Å²) in [6, 6.07) is 8.81. The molecule has 2 aromatic rings. The van der Waals surface area contributed by atoms with Crippen LogP contribution in [0.25, 0.3) is 0 Å². The summed E-state index contributed by atoms with van der Waals surface area (Å²) in [4.78, 5) is 14.9. The first-order chi connectivity index (χ1) is 7.72. The number of carbonyl (C=O) groups excluding carboxylic acids is 1. The van der Waals surface area contributed by atoms with Crippen LogP contribution in [-0.2, 0) is 0 Å². The molecule has 0 saturated carbocycles. The van der Waals surface area contributed by atoms with Gasteiger partial charge in [-0.2, -0.15) is 0 Å². The van der Waals surface area contributed by atoms with Gasteiger partial charge in [0.25, 0.3) is 0 Å². The summed E-state index contributed by atoms with van der Waals surface area (Å²) in [5.41, 5.74) is 1.20. The average molecular weight is 280 g/mol. The minimum atomic E-state index is -0.0339. The third-order valence-corrected chi connectivity index (χ3v) is 2.88. The fourth-order valence-corrected chi connectivity index (χ4v) is 1.98. The molecule has 0 aliphatic rings. The second-order valence-corrected chi connectivity index (χ2v) is 4.12. The number of aromatic amines is 1. The predicted octanol–water partition coefficient (Wildman–Crippen LogP) is 3.02. The molecule has 1 aromatic heterocycles. The van der Waals surface area contributed by atoms with Crippen LogP contribution in [0.2, 0.25) is 0 Å². The molecule has 0 spiro atoms. The smallest absolute Gasteiger partial charge is 0.209 e. The molecule has 0 bridgehead atoms. The number of aromatic nitrogens is 1. The zero-order chi connectivity index (χ0) is 11.5. The van der Waals surface area contributed by atoms with Crippen molar-refractivity contribution in [2.24, 2.45) is 0 Å². The molecule has 0 aliphatic heterocycles. The van der Waals surface area contributed by atoms with Gasteiger partial charge in [0.2, 0.25) is 5.78 Å². The van der Waals surface area contributed by atoms with Crippen molar-refractivity contribution in [1.29, 1.82) is 0 Å². The number of methoxy groups -OCH3 is 1. The lowest BCUT2D eigenvalue weighted by atomic mass is 10.1. The molecule has 0 unspecified atom stereocenters. The molecule has 1 heterocycles. The first-order valence-corrected chi connectivity index (χ1v) is 5.53. The van der Waals surface area contributed by atoms with Gasteiger partial charge in [0, 0.05) is 11.8 Å². The van der Waals surface area contributed by atoms with E-state index in [0.29, 0.717) is 17.0 Å². The topological polar surface area (TPSA) is 42.1 Å². The number of hydrogen-bond donors (Lipinski definition) is 1. The molecule has 0 saturated heterocycles. The van der Waals surface area contributed by atoms with Crippen molar-refractivity contribution >= 4 is 21.7 Å². The second-order valence-electron chi connectivity index (χ2n) is 3.26. The Kier molecular flexibility index (Phi) is 3.10. The van der Waals surface area contributed by atoms with Crippen molar-refractivity contribution in [2.45, 2.75) is 0 Å². The summed E-state index contributed by atoms with van der Waals surface area (Å²) < 4.78 is 5.88. The highest BCUT2D eigenvalue weighted by atomic mass is 79.9. The average Bonchev–Trinajstić information content (AvgIpc) is 2.81. The lowest BCUT2D eigenvalue weighted by Gasteiger charge is -2.04. The number of rotatable bonds is 3. The van der Waals surface area contributed by atoms with E-state index in [1.54, 1.807) is 43.6 Å². The van der Waals surface area contributed by atoms with Crippen LogP contribution >= 0.6 is 15.9 Å². The van der Waals surface area contributed by atoms with Crippen LogP contribution in [0.4, 0.5) is 0 Å². The molecule has 4 heteroatoms. The van der Waals surface area contributed by atoms with Crippen LogP contribution < -0.4 is 4.74 Å². The van der Waals surface area contributed by atoms with Gasteiger partial charge in [-0.3, -0.25) is 4.79 Å². The molecule has 0 fully saturated rings. The first-order valence-electron chi connectivity index (χ1n) is 4.74. The summed E-state index contributed by atoms with van der Waals surface area (Å²) in [7, 11) is 1.59. The molecule has 1 aromatic carbocycles. The zero-order valence-electron chi connectivity index (χ0n) is 8.66. The maximum absolute atomic E-state index is 12.0. The highest BCUT2D eigenvalue weighted by molar-refractivity contribution is 9.10. The zero-order valence-corrected chi connectivity index (χ0v) is 10.2. The Hall–Kier alpha value is -1.55. The molecular formula is C12H10BrNO2. The van der Waals surface area contributed by atoms with E-state index in [2.05, 4.69) is 20.9 Å². The lowest BCUT2D eigenvalue weighted by molar-refractivity contribution is 0.103. The van der Waals surface area contributed by atoms with Crippen molar-refractivity contribution in [1.82, 2.24) is 4.98 Å². The number of carbonyl (C=O) groups is 1. The standard InChI is InChI=1S/C12H10BrNO2/c1-16-11-5-4-8(7-9(11)13)12(15)10-3-2-6-14-10/h2-7,14H,1H3. The maximum Gasteiger partial charge on any atom is 0.209 e. The quantitative estimate of drug-likeness (QED) is 0.878. The van der Waals surface area contributed by atoms with Crippen LogP contribution in [0.3, 0.4) is 0 Å². The van der Waals surface area contributed by atoms with Crippen molar-refractivity contribution in [2.75, 3.05) is 7.11 Å². The van der Waals surface area contributed by atoms with Crippen LogP contribution in [0.5, 0.6) is 5.75 Å². The minimum absolute atomic E-state index is 0.0339. The predicted molar refractivity (Wildman–Crippen MR) is 64.9 cm³/mol. The summed E-state index contributed by atoms with van der Waals surface area (Å²) in [5.74, 6) is 0.677. The van der Waals surface area contributed by atoms with Gasteiger partial charge in [0.1, 0.15) is 5.75 Å². The summed E-state index contributed by atoms with van der Waals surface area (Å²) >= 11 is 3.35. The van der Waals surface area contributed by atoms with E-state index in [1.807, 2.05) is 0 Å². The van der Waals surface area contributed by atoms with Crippen LogP contribution in [-0.4, -0.2) is 17.9 Å². The fraction of sp³-hybridized carbons (Fsp3) is 0.0833. The largest absolute Gasteiger partial charge is 0.496 e. The third-order valence-electron chi connectivity index (χ3n) is 2.26. The molecule has 82 valence electrons. The van der Waals surface area contributed by atoms with E-state index in [1.165, 1.54) is 0 Å². The first kappa shape index (κ1) is 11.0. The molecule has 16 heavy (non-hydrogen) atoms. The Balaban J connectivity index is 2.35. The van der Waals surface area contributed by atoms with E-state index in [-0.39, 0.29) is 5.78 Å². The third kappa shape index (κ3) is 2.02. The number of ether oxygens (including phenoxy) is 1. The van der Waals surface area contributed by atoms with Crippen LogP contribution in [0, 0.1) is 0 Å². The van der Waals surface area contributed by atoms with Crippen molar-refractivity contribution in [3.8, 4) is 5.75 Å².